The lowest BCUT2D eigenvalue weighted by Gasteiger charge is -2.09. The molecule has 0 aliphatic rings. The minimum atomic E-state index is -0.845. The second-order valence-corrected chi connectivity index (χ2v) is 4.30. The van der Waals surface area contributed by atoms with E-state index in [1.165, 1.54) is 14.0 Å². The molecule has 0 saturated carbocycles. The summed E-state index contributed by atoms with van der Waals surface area (Å²) in [6.45, 7) is 1.22. The maximum atomic E-state index is 11.6. The Morgan fingerprint density at radius 2 is 1.70 bits per heavy atom. The third-order valence-electron chi connectivity index (χ3n) is 3.02. The second-order valence-electron chi connectivity index (χ2n) is 4.30. The molecule has 0 radical (unpaired) electrons. The summed E-state index contributed by atoms with van der Waals surface area (Å²) in [5, 5.41) is 12.0. The highest BCUT2D eigenvalue weighted by Crippen LogP contribution is 2.26. The lowest BCUT2D eigenvalue weighted by molar-refractivity contribution is -0.137. The van der Waals surface area contributed by atoms with Crippen molar-refractivity contribution in [1.29, 1.82) is 0 Å². The van der Waals surface area contributed by atoms with Crippen molar-refractivity contribution in [1.82, 2.24) is 0 Å². The molecule has 0 aliphatic carbocycles. The van der Waals surface area contributed by atoms with Crippen LogP contribution in [0.5, 0.6) is 0 Å². The van der Waals surface area contributed by atoms with Crippen molar-refractivity contribution in [3.05, 3.63) is 53.6 Å². The molecule has 0 aliphatic heterocycles. The highest BCUT2D eigenvalue weighted by molar-refractivity contribution is 6.21. The van der Waals surface area contributed by atoms with Crippen LogP contribution in [0.1, 0.15) is 12.5 Å². The Hall–Kier alpha value is -2.62. The van der Waals surface area contributed by atoms with Crippen molar-refractivity contribution in [2.75, 3.05) is 7.11 Å². The van der Waals surface area contributed by atoms with Gasteiger partial charge in [-0.3, -0.25) is 4.79 Å². The fourth-order valence-electron chi connectivity index (χ4n) is 2.08. The molecule has 0 aromatic heterocycles. The molecule has 2 rings (SSSR count). The van der Waals surface area contributed by atoms with Gasteiger partial charge in [0.15, 0.2) is 5.78 Å². The smallest absolute Gasteiger partial charge is 0.345 e. The van der Waals surface area contributed by atoms with Crippen LogP contribution in [0.2, 0.25) is 0 Å². The van der Waals surface area contributed by atoms with E-state index in [0.717, 1.165) is 10.8 Å². The van der Waals surface area contributed by atoms with Gasteiger partial charge in [0.05, 0.1) is 7.11 Å². The van der Waals surface area contributed by atoms with Gasteiger partial charge in [-0.25, -0.2) is 4.79 Å². The Morgan fingerprint density at radius 1 is 1.05 bits per heavy atom. The zero-order valence-electron chi connectivity index (χ0n) is 11.2. The van der Waals surface area contributed by atoms with Crippen LogP contribution in [-0.2, 0) is 14.3 Å². The highest BCUT2D eigenvalue weighted by Gasteiger charge is 2.22. The fraction of sp³-hybridized carbons (Fsp3) is 0.125. The topological polar surface area (TPSA) is 63.6 Å². The molecule has 2 aromatic rings. The number of Topliss-reactive ketones (excluding diaryl/α,β-unsaturated/α-hetero) is 1. The minimum absolute atomic E-state index is 0.344. The molecule has 0 spiro atoms. The van der Waals surface area contributed by atoms with Crippen LogP contribution >= 0.6 is 0 Å². The van der Waals surface area contributed by atoms with Gasteiger partial charge in [0.1, 0.15) is 11.3 Å². The Labute approximate surface area is 116 Å². The quantitative estimate of drug-likeness (QED) is 0.306. The summed E-state index contributed by atoms with van der Waals surface area (Å²) in [5.41, 5.74) is 0.0857. The lowest BCUT2D eigenvalue weighted by Crippen LogP contribution is -2.14. The zero-order valence-corrected chi connectivity index (χ0v) is 11.2. The molecule has 4 heteroatoms. The average molecular weight is 270 g/mol. The van der Waals surface area contributed by atoms with Gasteiger partial charge >= 0.3 is 5.97 Å². The van der Waals surface area contributed by atoms with Crippen LogP contribution in [0.3, 0.4) is 0 Å². The number of carbonyl (C=O) groups is 2. The molecule has 0 unspecified atom stereocenters. The first kappa shape index (κ1) is 13.8. The van der Waals surface area contributed by atoms with Crippen molar-refractivity contribution in [2.45, 2.75) is 6.92 Å². The Bertz CT molecular complexity index is 708. The summed E-state index contributed by atoms with van der Waals surface area (Å²) < 4.78 is 4.55. The molecule has 20 heavy (non-hydrogen) atoms. The van der Waals surface area contributed by atoms with Crippen LogP contribution in [0.15, 0.2) is 48.0 Å². The Kier molecular flexibility index (Phi) is 3.84. The maximum Gasteiger partial charge on any atom is 0.345 e. The summed E-state index contributed by atoms with van der Waals surface area (Å²) in [5.74, 6) is -1.74. The first-order chi connectivity index (χ1) is 9.56. The number of carbonyl (C=O) groups excluding carboxylic acids is 2. The predicted octanol–water partition coefficient (Wildman–Crippen LogP) is 2.87. The summed E-state index contributed by atoms with van der Waals surface area (Å²) in [6.07, 6.45) is 0. The Morgan fingerprint density at radius 3 is 2.35 bits per heavy atom. The lowest BCUT2D eigenvalue weighted by atomic mass is 9.99. The van der Waals surface area contributed by atoms with E-state index in [1.54, 1.807) is 12.1 Å². The molecule has 0 saturated heterocycles. The molecule has 1 N–H and O–H groups in total. The first-order valence-corrected chi connectivity index (χ1v) is 6.07. The van der Waals surface area contributed by atoms with Gasteiger partial charge in [-0.1, -0.05) is 42.5 Å². The summed E-state index contributed by atoms with van der Waals surface area (Å²) in [6, 6.07) is 12.7. The van der Waals surface area contributed by atoms with E-state index in [-0.39, 0.29) is 11.3 Å². The van der Waals surface area contributed by atoms with Gasteiger partial charge in [-0.2, -0.15) is 0 Å². The van der Waals surface area contributed by atoms with Crippen LogP contribution in [-0.4, -0.2) is 24.0 Å². The van der Waals surface area contributed by atoms with Gasteiger partial charge in [-0.15, -0.1) is 0 Å². The van der Waals surface area contributed by atoms with E-state index < -0.39 is 11.8 Å². The van der Waals surface area contributed by atoms with Gasteiger partial charge in [-0.05, 0) is 17.7 Å². The van der Waals surface area contributed by atoms with Crippen LogP contribution in [0, 0.1) is 0 Å². The monoisotopic (exact) mass is 270 g/mol. The zero-order chi connectivity index (χ0) is 14.7. The number of hydrogen-bond acceptors (Lipinski definition) is 4. The SMILES string of the molecule is COC(=O)/C(C(C)=O)=C(\O)c1cccc2ccccc12. The molecule has 102 valence electrons. The van der Waals surface area contributed by atoms with Crippen molar-refractivity contribution < 1.29 is 19.4 Å². The molecule has 0 atom stereocenters. The molecule has 0 heterocycles. The van der Waals surface area contributed by atoms with Crippen LogP contribution < -0.4 is 0 Å². The number of fused-ring (bicyclic) bond motifs is 1. The van der Waals surface area contributed by atoms with E-state index in [2.05, 4.69) is 4.74 Å². The van der Waals surface area contributed by atoms with Crippen LogP contribution in [0.25, 0.3) is 16.5 Å². The van der Waals surface area contributed by atoms with E-state index in [1.807, 2.05) is 30.3 Å². The number of rotatable bonds is 3. The van der Waals surface area contributed by atoms with Crippen LogP contribution in [0.4, 0.5) is 0 Å². The number of esters is 1. The molecule has 0 bridgehead atoms. The van der Waals surface area contributed by atoms with Crippen molar-refractivity contribution in [2.24, 2.45) is 0 Å². The standard InChI is InChI=1S/C16H14O4/c1-10(17)14(16(19)20-2)15(18)13-9-5-7-11-6-3-4-8-12(11)13/h3-9,18H,1-2H3/b15-14-. The maximum absolute atomic E-state index is 11.6. The van der Waals surface area contributed by atoms with E-state index in [9.17, 15) is 14.7 Å². The number of aliphatic hydroxyl groups excluding tert-OH is 1. The number of ketones is 1. The third kappa shape index (κ3) is 2.40. The largest absolute Gasteiger partial charge is 0.506 e. The number of aliphatic hydroxyl groups is 1. The van der Waals surface area contributed by atoms with Crippen molar-refractivity contribution in [3.63, 3.8) is 0 Å². The number of methoxy groups -OCH3 is 1. The number of ether oxygens (including phenoxy) is 1. The third-order valence-corrected chi connectivity index (χ3v) is 3.02. The molecule has 0 fully saturated rings. The van der Waals surface area contributed by atoms with Gasteiger partial charge < -0.3 is 9.84 Å². The normalized spacial score (nSPS) is 11.9. The average Bonchev–Trinajstić information content (AvgIpc) is 2.46. The summed E-state index contributed by atoms with van der Waals surface area (Å²) in [7, 11) is 1.17. The fourth-order valence-corrected chi connectivity index (χ4v) is 2.08. The number of hydrogen-bond donors (Lipinski definition) is 1. The summed E-state index contributed by atoms with van der Waals surface area (Å²) >= 11 is 0. The van der Waals surface area contributed by atoms with Crippen molar-refractivity contribution in [3.8, 4) is 0 Å². The van der Waals surface area contributed by atoms with E-state index in [4.69, 9.17) is 0 Å². The highest BCUT2D eigenvalue weighted by atomic mass is 16.5. The molecule has 2 aromatic carbocycles. The van der Waals surface area contributed by atoms with Gasteiger partial charge in [0.25, 0.3) is 0 Å². The first-order valence-electron chi connectivity index (χ1n) is 6.07. The minimum Gasteiger partial charge on any atom is -0.506 e. The predicted molar refractivity (Wildman–Crippen MR) is 76.2 cm³/mol. The van der Waals surface area contributed by atoms with E-state index in [0.29, 0.717) is 5.56 Å². The number of benzene rings is 2. The van der Waals surface area contributed by atoms with Gasteiger partial charge in [0, 0.05) is 5.56 Å². The molecular weight excluding hydrogens is 256 g/mol. The van der Waals surface area contributed by atoms with E-state index >= 15 is 0 Å². The molecule has 0 amide bonds. The van der Waals surface area contributed by atoms with Crippen molar-refractivity contribution >= 4 is 28.3 Å². The second kappa shape index (κ2) is 5.57. The molecule has 4 nitrogen and oxygen atoms in total. The molecular formula is C16H14O4. The Balaban J connectivity index is 2.74. The summed E-state index contributed by atoms with van der Waals surface area (Å²) in [4.78, 5) is 23.2. The van der Waals surface area contributed by atoms with Gasteiger partial charge in [0.2, 0.25) is 0 Å².